The van der Waals surface area contributed by atoms with Crippen molar-refractivity contribution in [3.05, 3.63) is 28.4 Å². The van der Waals surface area contributed by atoms with Gasteiger partial charge in [-0.05, 0) is 35.0 Å². The standard InChI is InChI=1S/C10H9BrN2O2/c1-2-15-10(14)7-5-3-4-6-8(7)12-13-9(6)11/h3-5H,2H2,1H3,(H,12,13). The van der Waals surface area contributed by atoms with Crippen LogP contribution in [0.2, 0.25) is 0 Å². The van der Waals surface area contributed by atoms with Crippen molar-refractivity contribution in [2.75, 3.05) is 6.61 Å². The second-order valence-corrected chi connectivity index (χ2v) is 3.75. The van der Waals surface area contributed by atoms with Crippen molar-refractivity contribution in [3.63, 3.8) is 0 Å². The summed E-state index contributed by atoms with van der Waals surface area (Å²) in [6, 6.07) is 5.38. The number of aromatic nitrogens is 2. The predicted molar refractivity (Wildman–Crippen MR) is 59.8 cm³/mol. The van der Waals surface area contributed by atoms with E-state index in [1.807, 2.05) is 6.07 Å². The second kappa shape index (κ2) is 4.02. The van der Waals surface area contributed by atoms with E-state index in [0.717, 1.165) is 9.99 Å². The highest BCUT2D eigenvalue weighted by Gasteiger charge is 2.14. The fourth-order valence-electron chi connectivity index (χ4n) is 1.38. The molecule has 0 saturated carbocycles. The third-order valence-corrected chi connectivity index (χ3v) is 2.64. The van der Waals surface area contributed by atoms with Crippen LogP contribution in [-0.4, -0.2) is 22.8 Å². The van der Waals surface area contributed by atoms with E-state index in [1.54, 1.807) is 19.1 Å². The van der Waals surface area contributed by atoms with Crippen molar-refractivity contribution in [1.29, 1.82) is 0 Å². The molecule has 2 aromatic rings. The average Bonchev–Trinajstić information content (AvgIpc) is 2.61. The quantitative estimate of drug-likeness (QED) is 0.852. The number of halogens is 1. The highest BCUT2D eigenvalue weighted by Crippen LogP contribution is 2.23. The molecule has 1 heterocycles. The molecule has 0 aliphatic carbocycles. The minimum atomic E-state index is -0.345. The number of aromatic amines is 1. The van der Waals surface area contributed by atoms with Gasteiger partial charge >= 0.3 is 5.97 Å². The summed E-state index contributed by atoms with van der Waals surface area (Å²) in [6.07, 6.45) is 0. The Morgan fingerprint density at radius 3 is 3.13 bits per heavy atom. The number of hydrogen-bond acceptors (Lipinski definition) is 3. The molecule has 0 aliphatic heterocycles. The van der Waals surface area contributed by atoms with Gasteiger partial charge in [-0.3, -0.25) is 5.10 Å². The summed E-state index contributed by atoms with van der Waals surface area (Å²) in [7, 11) is 0. The van der Waals surface area contributed by atoms with Crippen molar-refractivity contribution in [1.82, 2.24) is 10.2 Å². The number of carbonyl (C=O) groups excluding carboxylic acids is 1. The number of para-hydroxylation sites is 1. The third kappa shape index (κ3) is 1.74. The number of benzene rings is 1. The summed E-state index contributed by atoms with van der Waals surface area (Å²) < 4.78 is 5.70. The number of ether oxygens (including phenoxy) is 1. The van der Waals surface area contributed by atoms with Gasteiger partial charge in [-0.1, -0.05) is 6.07 Å². The number of nitrogens with one attached hydrogen (secondary N) is 1. The fraction of sp³-hybridized carbons (Fsp3) is 0.200. The molecule has 1 N–H and O–H groups in total. The first kappa shape index (κ1) is 10.2. The molecule has 0 bridgehead atoms. The summed E-state index contributed by atoms with van der Waals surface area (Å²) in [5.41, 5.74) is 1.11. The minimum absolute atomic E-state index is 0.345. The van der Waals surface area contributed by atoms with Gasteiger partial charge in [-0.2, -0.15) is 5.10 Å². The van der Waals surface area contributed by atoms with E-state index >= 15 is 0 Å². The van der Waals surface area contributed by atoms with Crippen LogP contribution >= 0.6 is 15.9 Å². The van der Waals surface area contributed by atoms with Gasteiger partial charge < -0.3 is 4.74 Å². The normalized spacial score (nSPS) is 10.5. The van der Waals surface area contributed by atoms with Crippen molar-refractivity contribution >= 4 is 32.8 Å². The molecule has 0 fully saturated rings. The van der Waals surface area contributed by atoms with Gasteiger partial charge in [0.15, 0.2) is 0 Å². The Morgan fingerprint density at radius 2 is 2.40 bits per heavy atom. The van der Waals surface area contributed by atoms with Crippen LogP contribution in [0.4, 0.5) is 0 Å². The van der Waals surface area contributed by atoms with Crippen molar-refractivity contribution < 1.29 is 9.53 Å². The van der Waals surface area contributed by atoms with Gasteiger partial charge in [-0.25, -0.2) is 4.79 Å². The van der Waals surface area contributed by atoms with Crippen LogP contribution in [-0.2, 0) is 4.74 Å². The van der Waals surface area contributed by atoms with Crippen LogP contribution in [0.3, 0.4) is 0 Å². The van der Waals surface area contributed by atoms with Crippen molar-refractivity contribution in [2.24, 2.45) is 0 Å². The van der Waals surface area contributed by atoms with E-state index in [-0.39, 0.29) is 5.97 Å². The van der Waals surface area contributed by atoms with E-state index in [4.69, 9.17) is 4.74 Å². The molecule has 2 rings (SSSR count). The molecule has 0 saturated heterocycles. The summed E-state index contributed by atoms with van der Waals surface area (Å²) in [5.74, 6) is -0.345. The van der Waals surface area contributed by atoms with Crippen molar-refractivity contribution in [3.8, 4) is 0 Å². The summed E-state index contributed by atoms with van der Waals surface area (Å²) in [5, 5.41) is 7.70. The number of rotatable bonds is 2. The fourth-order valence-corrected chi connectivity index (χ4v) is 1.79. The zero-order valence-corrected chi connectivity index (χ0v) is 9.67. The third-order valence-electron chi connectivity index (χ3n) is 2.03. The molecular formula is C10H9BrN2O2. The maximum absolute atomic E-state index is 11.6. The average molecular weight is 269 g/mol. The SMILES string of the molecule is CCOC(=O)c1cccc2c(Br)[nH]nc12. The number of nitrogens with zero attached hydrogens (tertiary/aromatic N) is 1. The Hall–Kier alpha value is -1.36. The van der Waals surface area contributed by atoms with Gasteiger partial charge in [-0.15, -0.1) is 0 Å². The Labute approximate surface area is 94.7 Å². The molecule has 4 nitrogen and oxygen atoms in total. The van der Waals surface area contributed by atoms with Crippen LogP contribution in [0.15, 0.2) is 22.8 Å². The Morgan fingerprint density at radius 1 is 1.60 bits per heavy atom. The Bertz CT molecular complexity index is 507. The Kier molecular flexibility index (Phi) is 2.73. The number of hydrogen-bond donors (Lipinski definition) is 1. The second-order valence-electron chi connectivity index (χ2n) is 2.96. The largest absolute Gasteiger partial charge is 0.462 e. The molecule has 0 amide bonds. The summed E-state index contributed by atoms with van der Waals surface area (Å²) >= 11 is 3.32. The smallest absolute Gasteiger partial charge is 0.340 e. The lowest BCUT2D eigenvalue weighted by Gasteiger charge is -2.01. The maximum atomic E-state index is 11.6. The zero-order chi connectivity index (χ0) is 10.8. The summed E-state index contributed by atoms with van der Waals surface area (Å²) in [4.78, 5) is 11.6. The van der Waals surface area contributed by atoms with E-state index in [1.165, 1.54) is 0 Å². The first-order valence-corrected chi connectivity index (χ1v) is 5.33. The van der Waals surface area contributed by atoms with Crippen LogP contribution in [0.25, 0.3) is 10.9 Å². The lowest BCUT2D eigenvalue weighted by Crippen LogP contribution is -2.05. The number of H-pyrrole nitrogens is 1. The van der Waals surface area contributed by atoms with Crippen LogP contribution in [0, 0.1) is 0 Å². The van der Waals surface area contributed by atoms with Gasteiger partial charge in [0.05, 0.1) is 12.2 Å². The molecule has 0 radical (unpaired) electrons. The molecule has 0 spiro atoms. The van der Waals surface area contributed by atoms with Crippen LogP contribution in [0.1, 0.15) is 17.3 Å². The Balaban J connectivity index is 2.56. The predicted octanol–water partition coefficient (Wildman–Crippen LogP) is 2.50. The summed E-state index contributed by atoms with van der Waals surface area (Å²) in [6.45, 7) is 2.14. The molecule has 5 heteroatoms. The van der Waals surface area contributed by atoms with Crippen LogP contribution in [0.5, 0.6) is 0 Å². The monoisotopic (exact) mass is 268 g/mol. The first-order valence-electron chi connectivity index (χ1n) is 4.53. The van der Waals surface area contributed by atoms with E-state index < -0.39 is 0 Å². The molecule has 0 aliphatic rings. The highest BCUT2D eigenvalue weighted by atomic mass is 79.9. The molecular weight excluding hydrogens is 260 g/mol. The molecule has 0 atom stereocenters. The molecule has 15 heavy (non-hydrogen) atoms. The first-order chi connectivity index (χ1) is 7.24. The van der Waals surface area contributed by atoms with E-state index in [2.05, 4.69) is 26.1 Å². The van der Waals surface area contributed by atoms with Gasteiger partial charge in [0.2, 0.25) is 0 Å². The van der Waals surface area contributed by atoms with E-state index in [0.29, 0.717) is 17.7 Å². The van der Waals surface area contributed by atoms with Gasteiger partial charge in [0, 0.05) is 5.39 Å². The molecule has 1 aromatic heterocycles. The molecule has 78 valence electrons. The molecule has 1 aromatic carbocycles. The van der Waals surface area contributed by atoms with Gasteiger partial charge in [0.1, 0.15) is 10.1 Å². The van der Waals surface area contributed by atoms with E-state index in [9.17, 15) is 4.79 Å². The van der Waals surface area contributed by atoms with Crippen LogP contribution < -0.4 is 0 Å². The maximum Gasteiger partial charge on any atom is 0.340 e. The zero-order valence-electron chi connectivity index (χ0n) is 8.08. The number of carbonyl (C=O) groups is 1. The lowest BCUT2D eigenvalue weighted by molar-refractivity contribution is 0.0528. The molecule has 0 unspecified atom stereocenters. The lowest BCUT2D eigenvalue weighted by atomic mass is 10.1. The number of fused-ring (bicyclic) bond motifs is 1. The number of esters is 1. The minimum Gasteiger partial charge on any atom is -0.462 e. The van der Waals surface area contributed by atoms with Crippen molar-refractivity contribution in [2.45, 2.75) is 6.92 Å². The highest BCUT2D eigenvalue weighted by molar-refractivity contribution is 9.10. The van der Waals surface area contributed by atoms with Gasteiger partial charge in [0.25, 0.3) is 0 Å². The topological polar surface area (TPSA) is 55.0 Å².